The van der Waals surface area contributed by atoms with E-state index in [0.29, 0.717) is 0 Å². The molecule has 0 aliphatic heterocycles. The third-order valence-corrected chi connectivity index (χ3v) is 3.91. The number of hydrogen-bond acceptors (Lipinski definition) is 3. The van der Waals surface area contributed by atoms with Gasteiger partial charge < -0.3 is 0 Å². The third kappa shape index (κ3) is 2.56. The molecule has 0 amide bonds. The van der Waals surface area contributed by atoms with Crippen LogP contribution >= 0.6 is 11.3 Å². The Labute approximate surface area is 116 Å². The first-order valence-corrected chi connectivity index (χ1v) is 7.21. The first-order chi connectivity index (χ1) is 9.36. The number of thiazole rings is 1. The Morgan fingerprint density at radius 1 is 1.05 bits per heavy atom. The van der Waals surface area contributed by atoms with Crippen molar-refractivity contribution >= 4 is 11.3 Å². The first-order valence-electron chi connectivity index (χ1n) is 6.33. The molecule has 3 heteroatoms. The monoisotopic (exact) mass is 266 g/mol. The van der Waals surface area contributed by atoms with Gasteiger partial charge in [-0.05, 0) is 30.2 Å². The number of pyridine rings is 1. The highest BCUT2D eigenvalue weighted by Crippen LogP contribution is 2.28. The summed E-state index contributed by atoms with van der Waals surface area (Å²) < 4.78 is 0. The van der Waals surface area contributed by atoms with Crippen molar-refractivity contribution in [1.82, 2.24) is 9.97 Å². The van der Waals surface area contributed by atoms with Gasteiger partial charge in [0, 0.05) is 17.1 Å². The van der Waals surface area contributed by atoms with Gasteiger partial charge in [0.25, 0.3) is 0 Å². The Bertz CT molecular complexity index is 674. The van der Waals surface area contributed by atoms with Gasteiger partial charge in [-0.15, -0.1) is 11.3 Å². The van der Waals surface area contributed by atoms with Crippen LogP contribution in [0.25, 0.3) is 22.0 Å². The van der Waals surface area contributed by atoms with E-state index in [1.165, 1.54) is 11.1 Å². The van der Waals surface area contributed by atoms with Gasteiger partial charge in [0.2, 0.25) is 0 Å². The van der Waals surface area contributed by atoms with E-state index < -0.39 is 0 Å². The van der Waals surface area contributed by atoms with Crippen molar-refractivity contribution in [2.75, 3.05) is 0 Å². The minimum Gasteiger partial charge on any atom is -0.255 e. The molecule has 1 aromatic carbocycles. The van der Waals surface area contributed by atoms with Crippen molar-refractivity contribution in [3.05, 3.63) is 59.6 Å². The SMILES string of the molecule is CCc1cccc(-c2nc(-c3ccccn3)cs2)c1. The second kappa shape index (κ2) is 5.33. The molecule has 0 spiro atoms. The molecule has 0 fully saturated rings. The van der Waals surface area contributed by atoms with Crippen LogP contribution in [-0.4, -0.2) is 9.97 Å². The summed E-state index contributed by atoms with van der Waals surface area (Å²) in [5.41, 5.74) is 4.40. The van der Waals surface area contributed by atoms with Crippen molar-refractivity contribution in [1.29, 1.82) is 0 Å². The summed E-state index contributed by atoms with van der Waals surface area (Å²) in [6, 6.07) is 14.5. The smallest absolute Gasteiger partial charge is 0.124 e. The molecule has 0 unspecified atom stereocenters. The zero-order chi connectivity index (χ0) is 13.1. The van der Waals surface area contributed by atoms with Crippen molar-refractivity contribution in [2.24, 2.45) is 0 Å². The second-order valence-corrected chi connectivity index (χ2v) is 5.16. The Hall–Kier alpha value is -2.00. The van der Waals surface area contributed by atoms with E-state index in [9.17, 15) is 0 Å². The van der Waals surface area contributed by atoms with Gasteiger partial charge in [-0.1, -0.05) is 31.2 Å². The molecule has 2 aromatic heterocycles. The van der Waals surface area contributed by atoms with Gasteiger partial charge in [0.1, 0.15) is 10.7 Å². The maximum Gasteiger partial charge on any atom is 0.124 e. The van der Waals surface area contributed by atoms with Gasteiger partial charge in [-0.2, -0.15) is 0 Å². The Kier molecular flexibility index (Phi) is 3.38. The molecule has 0 aliphatic rings. The Balaban J connectivity index is 1.97. The number of hydrogen-bond donors (Lipinski definition) is 0. The van der Waals surface area contributed by atoms with E-state index in [4.69, 9.17) is 0 Å². The molecular formula is C16H14N2S. The summed E-state index contributed by atoms with van der Waals surface area (Å²) in [7, 11) is 0. The summed E-state index contributed by atoms with van der Waals surface area (Å²) in [6.07, 6.45) is 2.85. The molecule has 2 nitrogen and oxygen atoms in total. The quantitative estimate of drug-likeness (QED) is 0.700. The van der Waals surface area contributed by atoms with Crippen LogP contribution in [0.15, 0.2) is 54.0 Å². The lowest BCUT2D eigenvalue weighted by Crippen LogP contribution is -1.84. The normalized spacial score (nSPS) is 10.6. The predicted molar refractivity (Wildman–Crippen MR) is 80.2 cm³/mol. The lowest BCUT2D eigenvalue weighted by Gasteiger charge is -2.00. The average Bonchev–Trinajstić information content (AvgIpc) is 2.98. The van der Waals surface area contributed by atoms with Crippen LogP contribution in [0.2, 0.25) is 0 Å². The Morgan fingerprint density at radius 2 is 2.00 bits per heavy atom. The van der Waals surface area contributed by atoms with E-state index in [1.807, 2.05) is 18.2 Å². The zero-order valence-corrected chi connectivity index (χ0v) is 11.5. The first kappa shape index (κ1) is 12.1. The highest BCUT2D eigenvalue weighted by atomic mass is 32.1. The van der Waals surface area contributed by atoms with Crippen LogP contribution < -0.4 is 0 Å². The lowest BCUT2D eigenvalue weighted by molar-refractivity contribution is 1.14. The number of benzene rings is 1. The summed E-state index contributed by atoms with van der Waals surface area (Å²) in [5.74, 6) is 0. The van der Waals surface area contributed by atoms with E-state index in [1.54, 1.807) is 17.5 Å². The van der Waals surface area contributed by atoms with Crippen LogP contribution in [0.4, 0.5) is 0 Å². The molecule has 3 rings (SSSR count). The van der Waals surface area contributed by atoms with E-state index in [2.05, 4.69) is 46.5 Å². The largest absolute Gasteiger partial charge is 0.255 e. The lowest BCUT2D eigenvalue weighted by atomic mass is 10.1. The van der Waals surface area contributed by atoms with Gasteiger partial charge >= 0.3 is 0 Å². The number of aryl methyl sites for hydroxylation is 1. The topological polar surface area (TPSA) is 25.8 Å². The molecule has 0 saturated heterocycles. The molecule has 0 atom stereocenters. The van der Waals surface area contributed by atoms with Crippen molar-refractivity contribution in [3.8, 4) is 22.0 Å². The van der Waals surface area contributed by atoms with Crippen molar-refractivity contribution in [2.45, 2.75) is 13.3 Å². The van der Waals surface area contributed by atoms with Crippen LogP contribution in [-0.2, 0) is 6.42 Å². The van der Waals surface area contributed by atoms with Crippen molar-refractivity contribution in [3.63, 3.8) is 0 Å². The number of aromatic nitrogens is 2. The third-order valence-electron chi connectivity index (χ3n) is 3.01. The molecule has 0 bridgehead atoms. The number of nitrogens with zero attached hydrogens (tertiary/aromatic N) is 2. The number of rotatable bonds is 3. The highest BCUT2D eigenvalue weighted by molar-refractivity contribution is 7.13. The summed E-state index contributed by atoms with van der Waals surface area (Å²) >= 11 is 1.67. The minimum atomic E-state index is 0.927. The molecule has 0 aliphatic carbocycles. The molecule has 94 valence electrons. The molecule has 2 heterocycles. The predicted octanol–water partition coefficient (Wildman–Crippen LogP) is 4.43. The van der Waals surface area contributed by atoms with Crippen LogP contribution in [0, 0.1) is 0 Å². The molecule has 0 radical (unpaired) electrons. The molecule has 0 saturated carbocycles. The van der Waals surface area contributed by atoms with Gasteiger partial charge in [-0.3, -0.25) is 4.98 Å². The van der Waals surface area contributed by atoms with Crippen LogP contribution in [0.3, 0.4) is 0 Å². The van der Waals surface area contributed by atoms with Crippen LogP contribution in [0.1, 0.15) is 12.5 Å². The highest BCUT2D eigenvalue weighted by Gasteiger charge is 2.07. The molecule has 3 aromatic rings. The van der Waals surface area contributed by atoms with E-state index >= 15 is 0 Å². The van der Waals surface area contributed by atoms with Gasteiger partial charge in [-0.25, -0.2) is 4.98 Å². The molecule has 19 heavy (non-hydrogen) atoms. The van der Waals surface area contributed by atoms with Gasteiger partial charge in [0.05, 0.1) is 5.69 Å². The fraction of sp³-hybridized carbons (Fsp3) is 0.125. The van der Waals surface area contributed by atoms with Gasteiger partial charge in [0.15, 0.2) is 0 Å². The van der Waals surface area contributed by atoms with E-state index in [0.717, 1.165) is 22.8 Å². The maximum atomic E-state index is 4.68. The summed E-state index contributed by atoms with van der Waals surface area (Å²) in [6.45, 7) is 2.17. The fourth-order valence-corrected chi connectivity index (χ4v) is 2.77. The Morgan fingerprint density at radius 3 is 2.79 bits per heavy atom. The molecule has 0 N–H and O–H groups in total. The zero-order valence-electron chi connectivity index (χ0n) is 10.7. The summed E-state index contributed by atoms with van der Waals surface area (Å²) in [5, 5.41) is 3.12. The standard InChI is InChI=1S/C16H14N2S/c1-2-12-6-5-7-13(10-12)16-18-15(11-19-16)14-8-3-4-9-17-14/h3-11H,2H2,1H3. The van der Waals surface area contributed by atoms with Crippen molar-refractivity contribution < 1.29 is 0 Å². The average molecular weight is 266 g/mol. The van der Waals surface area contributed by atoms with E-state index in [-0.39, 0.29) is 0 Å². The maximum absolute atomic E-state index is 4.68. The fourth-order valence-electron chi connectivity index (χ4n) is 1.96. The minimum absolute atomic E-state index is 0.927. The second-order valence-electron chi connectivity index (χ2n) is 4.31. The van der Waals surface area contributed by atoms with Crippen LogP contribution in [0.5, 0.6) is 0 Å². The molecular weight excluding hydrogens is 252 g/mol. The summed E-state index contributed by atoms with van der Waals surface area (Å²) in [4.78, 5) is 9.02.